The summed E-state index contributed by atoms with van der Waals surface area (Å²) in [7, 11) is 0. The quantitative estimate of drug-likeness (QED) is 0.706. The summed E-state index contributed by atoms with van der Waals surface area (Å²) in [6.45, 7) is 5.48. The zero-order valence-electron chi connectivity index (χ0n) is 16.4. The summed E-state index contributed by atoms with van der Waals surface area (Å²) >= 11 is 1.66. The Hall–Kier alpha value is -2.29. The minimum absolute atomic E-state index is 0.0249. The summed E-state index contributed by atoms with van der Waals surface area (Å²) in [5.41, 5.74) is 2.55. The van der Waals surface area contributed by atoms with Crippen LogP contribution in [0, 0.1) is 11.3 Å². The van der Waals surface area contributed by atoms with Crippen LogP contribution < -0.4 is 5.32 Å². The zero-order chi connectivity index (χ0) is 19.8. The second kappa shape index (κ2) is 10.3. The van der Waals surface area contributed by atoms with Gasteiger partial charge >= 0.3 is 0 Å². The van der Waals surface area contributed by atoms with Crippen molar-refractivity contribution in [1.29, 1.82) is 5.26 Å². The Kier molecular flexibility index (Phi) is 7.53. The molecule has 1 saturated heterocycles. The molecule has 0 saturated carbocycles. The third kappa shape index (κ3) is 5.60. The van der Waals surface area contributed by atoms with Gasteiger partial charge in [0.1, 0.15) is 0 Å². The summed E-state index contributed by atoms with van der Waals surface area (Å²) in [5.74, 6) is 0.794. The van der Waals surface area contributed by atoms with Crippen LogP contribution in [0.4, 0.5) is 0 Å². The van der Waals surface area contributed by atoms with Crippen LogP contribution in [-0.2, 0) is 5.75 Å². The van der Waals surface area contributed by atoms with Crippen LogP contribution in [0.2, 0.25) is 0 Å². The smallest absolute Gasteiger partial charge is 0.252 e. The van der Waals surface area contributed by atoms with Crippen molar-refractivity contribution in [1.82, 2.24) is 10.2 Å². The summed E-state index contributed by atoms with van der Waals surface area (Å²) < 4.78 is 0. The molecule has 28 heavy (non-hydrogen) atoms. The van der Waals surface area contributed by atoms with Gasteiger partial charge in [-0.05, 0) is 55.6 Å². The van der Waals surface area contributed by atoms with E-state index in [0.717, 1.165) is 54.3 Å². The van der Waals surface area contributed by atoms with Crippen molar-refractivity contribution in [2.24, 2.45) is 0 Å². The van der Waals surface area contributed by atoms with E-state index in [4.69, 9.17) is 5.26 Å². The van der Waals surface area contributed by atoms with E-state index in [1.54, 1.807) is 11.8 Å². The largest absolute Gasteiger partial charge is 0.349 e. The molecule has 4 nitrogen and oxygen atoms in total. The number of carbonyl (C=O) groups excluding carboxylic acids is 1. The van der Waals surface area contributed by atoms with Crippen molar-refractivity contribution in [3.05, 3.63) is 65.2 Å². The highest BCUT2D eigenvalue weighted by Crippen LogP contribution is 2.27. The third-order valence-electron chi connectivity index (χ3n) is 5.07. The first-order chi connectivity index (χ1) is 13.7. The maximum atomic E-state index is 12.9. The fourth-order valence-electron chi connectivity index (χ4n) is 3.50. The maximum absolute atomic E-state index is 12.9. The van der Waals surface area contributed by atoms with E-state index in [1.807, 2.05) is 48.5 Å². The van der Waals surface area contributed by atoms with Crippen molar-refractivity contribution < 1.29 is 4.79 Å². The van der Waals surface area contributed by atoms with Crippen LogP contribution in [0.3, 0.4) is 0 Å². The number of thioether (sulfide) groups is 1. The SMILES string of the molecule is CCCN1CCC(NC(=O)c2ccccc2SCc2ccc(C#N)cc2)CC1. The normalized spacial score (nSPS) is 15.1. The van der Waals surface area contributed by atoms with E-state index in [-0.39, 0.29) is 11.9 Å². The van der Waals surface area contributed by atoms with E-state index >= 15 is 0 Å². The van der Waals surface area contributed by atoms with Crippen molar-refractivity contribution in [3.8, 4) is 6.07 Å². The molecule has 1 N–H and O–H groups in total. The van der Waals surface area contributed by atoms with Gasteiger partial charge in [0.15, 0.2) is 0 Å². The van der Waals surface area contributed by atoms with E-state index in [0.29, 0.717) is 5.56 Å². The first-order valence-corrected chi connectivity index (χ1v) is 10.9. The standard InChI is InChI=1S/C23H27N3OS/c1-2-13-26-14-11-20(12-15-26)25-23(27)21-5-3-4-6-22(21)28-17-19-9-7-18(16-24)8-10-19/h3-10,20H,2,11-15,17H2,1H3,(H,25,27). The first kappa shape index (κ1) is 20.4. The maximum Gasteiger partial charge on any atom is 0.252 e. The molecule has 1 fully saturated rings. The second-order valence-corrected chi connectivity index (χ2v) is 8.20. The summed E-state index contributed by atoms with van der Waals surface area (Å²) in [5, 5.41) is 12.1. The number of nitrogens with one attached hydrogen (secondary N) is 1. The lowest BCUT2D eigenvalue weighted by molar-refractivity contribution is 0.0908. The number of piperidine rings is 1. The molecule has 1 aliphatic rings. The first-order valence-electron chi connectivity index (χ1n) is 9.93. The third-order valence-corrected chi connectivity index (χ3v) is 6.22. The Morgan fingerprint density at radius 3 is 2.57 bits per heavy atom. The molecule has 0 atom stereocenters. The Labute approximate surface area is 171 Å². The number of nitrogens with zero attached hydrogens (tertiary/aromatic N) is 2. The highest BCUT2D eigenvalue weighted by molar-refractivity contribution is 7.98. The average molecular weight is 394 g/mol. The molecule has 1 heterocycles. The van der Waals surface area contributed by atoms with Gasteiger partial charge in [-0.15, -0.1) is 11.8 Å². The van der Waals surface area contributed by atoms with Crippen LogP contribution in [0.15, 0.2) is 53.4 Å². The highest BCUT2D eigenvalue weighted by Gasteiger charge is 2.21. The predicted octanol–water partition coefficient (Wildman–Crippen LogP) is 4.45. The van der Waals surface area contributed by atoms with E-state index in [2.05, 4.69) is 23.2 Å². The molecule has 146 valence electrons. The molecule has 0 aliphatic carbocycles. The molecule has 0 bridgehead atoms. The molecule has 2 aromatic carbocycles. The van der Waals surface area contributed by atoms with Gasteiger partial charge in [0, 0.05) is 29.8 Å². The number of carbonyl (C=O) groups is 1. The minimum Gasteiger partial charge on any atom is -0.349 e. The molecule has 0 radical (unpaired) electrons. The van der Waals surface area contributed by atoms with Crippen molar-refractivity contribution in [2.45, 2.75) is 42.9 Å². The Morgan fingerprint density at radius 1 is 1.18 bits per heavy atom. The van der Waals surface area contributed by atoms with Gasteiger partial charge in [-0.25, -0.2) is 0 Å². The number of amides is 1. The number of hydrogen-bond acceptors (Lipinski definition) is 4. The second-order valence-electron chi connectivity index (χ2n) is 7.18. The van der Waals surface area contributed by atoms with Gasteiger partial charge in [-0.1, -0.05) is 31.2 Å². The summed E-state index contributed by atoms with van der Waals surface area (Å²) in [4.78, 5) is 16.3. The Morgan fingerprint density at radius 2 is 1.89 bits per heavy atom. The fraction of sp³-hybridized carbons (Fsp3) is 0.391. The minimum atomic E-state index is 0.0249. The van der Waals surface area contributed by atoms with Crippen molar-refractivity contribution in [3.63, 3.8) is 0 Å². The molecule has 1 aliphatic heterocycles. The van der Waals surface area contributed by atoms with Crippen LogP contribution in [0.5, 0.6) is 0 Å². The molecule has 0 aromatic heterocycles. The number of hydrogen-bond donors (Lipinski definition) is 1. The summed E-state index contributed by atoms with van der Waals surface area (Å²) in [6, 6.07) is 17.8. The summed E-state index contributed by atoms with van der Waals surface area (Å²) in [6.07, 6.45) is 3.22. The van der Waals surface area contributed by atoms with Crippen LogP contribution in [-0.4, -0.2) is 36.5 Å². The van der Waals surface area contributed by atoms with Crippen molar-refractivity contribution in [2.75, 3.05) is 19.6 Å². The number of benzene rings is 2. The van der Waals surface area contributed by atoms with Gasteiger partial charge < -0.3 is 10.2 Å². The Bertz CT molecular complexity index is 820. The fourth-order valence-corrected chi connectivity index (χ4v) is 4.50. The number of rotatable bonds is 7. The lowest BCUT2D eigenvalue weighted by Crippen LogP contribution is -2.44. The molecule has 5 heteroatoms. The molecule has 2 aromatic rings. The lowest BCUT2D eigenvalue weighted by atomic mass is 10.0. The predicted molar refractivity (Wildman–Crippen MR) is 114 cm³/mol. The topological polar surface area (TPSA) is 56.1 Å². The van der Waals surface area contributed by atoms with Gasteiger partial charge in [0.05, 0.1) is 17.2 Å². The van der Waals surface area contributed by atoms with Gasteiger partial charge in [0.2, 0.25) is 0 Å². The van der Waals surface area contributed by atoms with Crippen LogP contribution >= 0.6 is 11.8 Å². The Balaban J connectivity index is 1.58. The van der Waals surface area contributed by atoms with Crippen LogP contribution in [0.25, 0.3) is 0 Å². The van der Waals surface area contributed by atoms with Gasteiger partial charge in [0.25, 0.3) is 5.91 Å². The zero-order valence-corrected chi connectivity index (χ0v) is 17.2. The van der Waals surface area contributed by atoms with Gasteiger partial charge in [-0.3, -0.25) is 4.79 Å². The van der Waals surface area contributed by atoms with Gasteiger partial charge in [-0.2, -0.15) is 5.26 Å². The molecular formula is C23H27N3OS. The van der Waals surface area contributed by atoms with E-state index in [9.17, 15) is 4.79 Å². The molecule has 0 spiro atoms. The monoisotopic (exact) mass is 393 g/mol. The number of likely N-dealkylation sites (tertiary alicyclic amines) is 1. The van der Waals surface area contributed by atoms with E-state index < -0.39 is 0 Å². The van der Waals surface area contributed by atoms with Crippen molar-refractivity contribution >= 4 is 17.7 Å². The lowest BCUT2D eigenvalue weighted by Gasteiger charge is -2.32. The molecule has 3 rings (SSSR count). The molecule has 1 amide bonds. The number of nitriles is 1. The highest BCUT2D eigenvalue weighted by atomic mass is 32.2. The van der Waals surface area contributed by atoms with Crippen LogP contribution in [0.1, 0.15) is 47.7 Å². The average Bonchev–Trinajstić information content (AvgIpc) is 2.74. The molecular weight excluding hydrogens is 366 g/mol. The van der Waals surface area contributed by atoms with E-state index in [1.165, 1.54) is 6.42 Å². The molecule has 0 unspecified atom stereocenters.